The molecule has 98 valence electrons. The summed E-state index contributed by atoms with van der Waals surface area (Å²) in [6.07, 6.45) is 0.931. The zero-order chi connectivity index (χ0) is 12.3. The predicted octanol–water partition coefficient (Wildman–Crippen LogP) is -0.898. The van der Waals surface area contributed by atoms with Gasteiger partial charge in [-0.25, -0.2) is 0 Å². The molecule has 2 N–H and O–H groups in total. The van der Waals surface area contributed by atoms with E-state index in [0.717, 1.165) is 52.2 Å². The molecule has 0 bridgehead atoms. The number of rotatable bonds is 3. The van der Waals surface area contributed by atoms with E-state index in [-0.39, 0.29) is 5.54 Å². The standard InChI is InChI=1S/C12H24N4O/c1-3-14-12(4-7-15(2)10-12)11(17)16-8-5-13-6-9-16/h13-14H,3-10H2,1-2H3. The molecule has 2 aliphatic heterocycles. The molecule has 17 heavy (non-hydrogen) atoms. The van der Waals surface area contributed by atoms with Crippen LogP contribution in [0, 0.1) is 0 Å². The Balaban J connectivity index is 2.07. The summed E-state index contributed by atoms with van der Waals surface area (Å²) in [6, 6.07) is 0. The third kappa shape index (κ3) is 2.61. The van der Waals surface area contributed by atoms with Crippen LogP contribution in [0.4, 0.5) is 0 Å². The van der Waals surface area contributed by atoms with Crippen LogP contribution >= 0.6 is 0 Å². The highest BCUT2D eigenvalue weighted by molar-refractivity contribution is 5.87. The Kier molecular flexibility index (Phi) is 4.01. The maximum Gasteiger partial charge on any atom is 0.244 e. The summed E-state index contributed by atoms with van der Waals surface area (Å²) in [6.45, 7) is 8.30. The number of nitrogens with zero attached hydrogens (tertiary/aromatic N) is 2. The van der Waals surface area contributed by atoms with Crippen molar-refractivity contribution in [3.05, 3.63) is 0 Å². The molecule has 0 aromatic rings. The lowest BCUT2D eigenvalue weighted by atomic mass is 9.96. The average molecular weight is 240 g/mol. The Morgan fingerprint density at radius 2 is 2.06 bits per heavy atom. The van der Waals surface area contributed by atoms with Gasteiger partial charge in [-0.3, -0.25) is 4.79 Å². The van der Waals surface area contributed by atoms with Gasteiger partial charge in [0.1, 0.15) is 5.54 Å². The minimum absolute atomic E-state index is 0.296. The van der Waals surface area contributed by atoms with Crippen LogP contribution in [0.5, 0.6) is 0 Å². The molecule has 2 fully saturated rings. The van der Waals surface area contributed by atoms with Crippen molar-refractivity contribution in [2.75, 3.05) is 52.9 Å². The second-order valence-electron chi connectivity index (χ2n) is 5.14. The van der Waals surface area contributed by atoms with Crippen LogP contribution in [0.3, 0.4) is 0 Å². The van der Waals surface area contributed by atoms with Crippen LogP contribution in [0.1, 0.15) is 13.3 Å². The largest absolute Gasteiger partial charge is 0.339 e. The average Bonchev–Trinajstić information content (AvgIpc) is 2.73. The minimum Gasteiger partial charge on any atom is -0.339 e. The van der Waals surface area contributed by atoms with E-state index in [0.29, 0.717) is 5.91 Å². The van der Waals surface area contributed by atoms with Crippen LogP contribution < -0.4 is 10.6 Å². The van der Waals surface area contributed by atoms with Crippen LogP contribution in [-0.2, 0) is 4.79 Å². The fourth-order valence-corrected chi connectivity index (χ4v) is 2.90. The van der Waals surface area contributed by atoms with E-state index in [2.05, 4.69) is 29.5 Å². The topological polar surface area (TPSA) is 47.6 Å². The van der Waals surface area contributed by atoms with E-state index >= 15 is 0 Å². The van der Waals surface area contributed by atoms with Crippen molar-refractivity contribution in [2.45, 2.75) is 18.9 Å². The first-order chi connectivity index (χ1) is 8.18. The molecule has 2 aliphatic rings. The molecule has 1 unspecified atom stereocenters. The second kappa shape index (κ2) is 5.33. The first-order valence-electron chi connectivity index (χ1n) is 6.61. The van der Waals surface area contributed by atoms with Crippen LogP contribution in [0.2, 0.25) is 0 Å². The van der Waals surface area contributed by atoms with Crippen molar-refractivity contribution >= 4 is 5.91 Å². The van der Waals surface area contributed by atoms with Crippen molar-refractivity contribution in [2.24, 2.45) is 0 Å². The molecule has 0 spiro atoms. The third-order valence-corrected chi connectivity index (χ3v) is 3.79. The third-order valence-electron chi connectivity index (χ3n) is 3.79. The first kappa shape index (κ1) is 12.8. The Hall–Kier alpha value is -0.650. The number of likely N-dealkylation sites (N-methyl/N-ethyl adjacent to an activating group) is 2. The van der Waals surface area contributed by atoms with Crippen LogP contribution in [0.25, 0.3) is 0 Å². The molecule has 1 amide bonds. The molecular weight excluding hydrogens is 216 g/mol. The van der Waals surface area contributed by atoms with Gasteiger partial charge in [0, 0.05) is 39.3 Å². The molecule has 0 aliphatic carbocycles. The molecule has 0 radical (unpaired) electrons. The van der Waals surface area contributed by atoms with E-state index in [9.17, 15) is 4.79 Å². The molecule has 0 saturated carbocycles. The van der Waals surface area contributed by atoms with Gasteiger partial charge >= 0.3 is 0 Å². The van der Waals surface area contributed by atoms with Crippen molar-refractivity contribution in [3.63, 3.8) is 0 Å². The van der Waals surface area contributed by atoms with Crippen molar-refractivity contribution in [3.8, 4) is 0 Å². The smallest absolute Gasteiger partial charge is 0.244 e. The number of hydrogen-bond donors (Lipinski definition) is 2. The predicted molar refractivity (Wildman–Crippen MR) is 68.0 cm³/mol. The highest BCUT2D eigenvalue weighted by Gasteiger charge is 2.45. The number of piperazine rings is 1. The fourth-order valence-electron chi connectivity index (χ4n) is 2.90. The van der Waals surface area contributed by atoms with Crippen molar-refractivity contribution in [1.82, 2.24) is 20.4 Å². The van der Waals surface area contributed by atoms with Crippen molar-refractivity contribution < 1.29 is 4.79 Å². The summed E-state index contributed by atoms with van der Waals surface area (Å²) in [5, 5.41) is 6.72. The Morgan fingerprint density at radius 3 is 2.59 bits per heavy atom. The summed E-state index contributed by atoms with van der Waals surface area (Å²) in [4.78, 5) is 16.9. The highest BCUT2D eigenvalue weighted by Crippen LogP contribution is 2.23. The number of nitrogens with one attached hydrogen (secondary N) is 2. The minimum atomic E-state index is -0.332. The monoisotopic (exact) mass is 240 g/mol. The lowest BCUT2D eigenvalue weighted by molar-refractivity contribution is -0.138. The van der Waals surface area contributed by atoms with Gasteiger partial charge in [0.25, 0.3) is 0 Å². The fraction of sp³-hybridized carbons (Fsp3) is 0.917. The molecule has 2 rings (SSSR count). The van der Waals surface area contributed by atoms with Crippen LogP contribution in [0.15, 0.2) is 0 Å². The normalized spacial score (nSPS) is 30.8. The Morgan fingerprint density at radius 1 is 1.35 bits per heavy atom. The first-order valence-corrected chi connectivity index (χ1v) is 6.61. The van der Waals surface area contributed by atoms with E-state index < -0.39 is 0 Å². The highest BCUT2D eigenvalue weighted by atomic mass is 16.2. The molecule has 5 nitrogen and oxygen atoms in total. The van der Waals surface area contributed by atoms with Gasteiger partial charge in [-0.1, -0.05) is 6.92 Å². The van der Waals surface area contributed by atoms with Crippen molar-refractivity contribution in [1.29, 1.82) is 0 Å². The summed E-state index contributed by atoms with van der Waals surface area (Å²) in [5.41, 5.74) is -0.332. The molecule has 0 aromatic heterocycles. The molecule has 1 atom stereocenters. The Bertz CT molecular complexity index is 274. The zero-order valence-electron chi connectivity index (χ0n) is 11.0. The van der Waals surface area contributed by atoms with Crippen LogP contribution in [-0.4, -0.2) is 74.1 Å². The van der Waals surface area contributed by atoms with E-state index in [4.69, 9.17) is 0 Å². The summed E-state index contributed by atoms with van der Waals surface area (Å²) >= 11 is 0. The second-order valence-corrected chi connectivity index (χ2v) is 5.14. The molecule has 5 heteroatoms. The van der Waals surface area contributed by atoms with E-state index in [1.54, 1.807) is 0 Å². The van der Waals surface area contributed by atoms with E-state index in [1.807, 2.05) is 4.90 Å². The van der Waals surface area contributed by atoms with Gasteiger partial charge in [-0.15, -0.1) is 0 Å². The zero-order valence-corrected chi connectivity index (χ0v) is 11.0. The lowest BCUT2D eigenvalue weighted by Crippen LogP contribution is -2.62. The number of amides is 1. The molecule has 2 saturated heterocycles. The SMILES string of the molecule is CCNC1(C(=O)N2CCNCC2)CCN(C)C1. The lowest BCUT2D eigenvalue weighted by Gasteiger charge is -2.37. The van der Waals surface area contributed by atoms with Gasteiger partial charge in [-0.05, 0) is 20.0 Å². The summed E-state index contributed by atoms with van der Waals surface area (Å²) in [7, 11) is 2.09. The number of carbonyl (C=O) groups excluding carboxylic acids is 1. The maximum absolute atomic E-state index is 12.7. The summed E-state index contributed by atoms with van der Waals surface area (Å²) in [5.74, 6) is 0.296. The van der Waals surface area contributed by atoms with Gasteiger partial charge in [-0.2, -0.15) is 0 Å². The Labute approximate surface area is 104 Å². The number of hydrogen-bond acceptors (Lipinski definition) is 4. The quantitative estimate of drug-likeness (QED) is 0.671. The van der Waals surface area contributed by atoms with Gasteiger partial charge in [0.15, 0.2) is 0 Å². The number of likely N-dealkylation sites (tertiary alicyclic amines) is 1. The van der Waals surface area contributed by atoms with Gasteiger partial charge < -0.3 is 20.4 Å². The maximum atomic E-state index is 12.7. The number of carbonyl (C=O) groups is 1. The molecule has 0 aromatic carbocycles. The van der Waals surface area contributed by atoms with Gasteiger partial charge in [0.2, 0.25) is 5.91 Å². The molecule has 2 heterocycles. The van der Waals surface area contributed by atoms with Gasteiger partial charge in [0.05, 0.1) is 0 Å². The summed E-state index contributed by atoms with van der Waals surface area (Å²) < 4.78 is 0. The van der Waals surface area contributed by atoms with E-state index in [1.165, 1.54) is 0 Å². The molecular formula is C12H24N4O.